The molecule has 0 spiro atoms. The van der Waals surface area contributed by atoms with E-state index in [1.165, 1.54) is 7.05 Å². The van der Waals surface area contributed by atoms with Crippen molar-refractivity contribution in [2.45, 2.75) is 17.8 Å². The van der Waals surface area contributed by atoms with E-state index in [2.05, 4.69) is 4.72 Å². The van der Waals surface area contributed by atoms with Gasteiger partial charge in [0.15, 0.2) is 5.82 Å². The molecule has 1 rings (SSSR count). The fourth-order valence-corrected chi connectivity index (χ4v) is 2.56. The predicted octanol–water partition coefficient (Wildman–Crippen LogP) is 4.78. The van der Waals surface area contributed by atoms with Crippen LogP contribution in [-0.4, -0.2) is 13.2 Å². The Balaban J connectivity index is 3.40. The van der Waals surface area contributed by atoms with E-state index in [1.807, 2.05) is 0 Å². The van der Waals surface area contributed by atoms with Crippen LogP contribution in [0.2, 0.25) is 10.0 Å². The smallest absolute Gasteiger partial charge is 0.266 e. The fraction of sp³-hybridized carbons (Fsp3) is 0.400. The van der Waals surface area contributed by atoms with Crippen molar-refractivity contribution in [3.63, 3.8) is 0 Å². The van der Waals surface area contributed by atoms with Crippen molar-refractivity contribution in [3.8, 4) is 0 Å². The monoisotopic (exact) mass is 321 g/mol. The van der Waals surface area contributed by atoms with Crippen LogP contribution in [0.25, 0.3) is 0 Å². The zero-order chi connectivity index (χ0) is 14.1. The molecule has 102 valence electrons. The first kappa shape index (κ1) is 15.9. The highest BCUT2D eigenvalue weighted by molar-refractivity contribution is 7.98. The summed E-state index contributed by atoms with van der Waals surface area (Å²) in [7, 11) is 1.36. The molecule has 0 aliphatic heterocycles. The summed E-state index contributed by atoms with van der Waals surface area (Å²) in [5, 5.41) is -0.880. The van der Waals surface area contributed by atoms with Crippen LogP contribution in [0.1, 0.15) is 12.5 Å². The standard InChI is InChI=1S/C10H9Cl2F4NS/c1-9(18-17-2,10(14,15)16)5-3-6(11)8(13)7(12)4-5/h3-4,17H,1-2H3. The van der Waals surface area contributed by atoms with Crippen molar-refractivity contribution in [2.24, 2.45) is 0 Å². The lowest BCUT2D eigenvalue weighted by Gasteiger charge is -2.31. The Morgan fingerprint density at radius 1 is 1.17 bits per heavy atom. The van der Waals surface area contributed by atoms with Gasteiger partial charge < -0.3 is 0 Å². The van der Waals surface area contributed by atoms with Crippen molar-refractivity contribution < 1.29 is 17.6 Å². The van der Waals surface area contributed by atoms with Gasteiger partial charge in [-0.05, 0) is 31.7 Å². The molecule has 0 aliphatic rings. The second-order valence-corrected chi connectivity index (χ2v) is 5.83. The number of benzene rings is 1. The predicted molar refractivity (Wildman–Crippen MR) is 66.5 cm³/mol. The minimum atomic E-state index is -4.55. The van der Waals surface area contributed by atoms with Gasteiger partial charge in [-0.3, -0.25) is 4.72 Å². The van der Waals surface area contributed by atoms with Crippen LogP contribution in [0.4, 0.5) is 17.6 Å². The van der Waals surface area contributed by atoms with Crippen LogP contribution in [0, 0.1) is 5.82 Å². The quantitative estimate of drug-likeness (QED) is 0.488. The van der Waals surface area contributed by atoms with Crippen molar-refractivity contribution in [1.82, 2.24) is 4.72 Å². The van der Waals surface area contributed by atoms with Gasteiger partial charge in [-0.2, -0.15) is 13.2 Å². The van der Waals surface area contributed by atoms with E-state index in [0.717, 1.165) is 19.1 Å². The first-order chi connectivity index (χ1) is 8.13. The lowest BCUT2D eigenvalue weighted by Crippen LogP contribution is -2.38. The first-order valence-electron chi connectivity index (χ1n) is 4.70. The first-order valence-corrected chi connectivity index (χ1v) is 6.27. The molecule has 0 amide bonds. The Labute approximate surface area is 116 Å². The normalized spacial score (nSPS) is 15.6. The molecule has 1 N–H and O–H groups in total. The summed E-state index contributed by atoms with van der Waals surface area (Å²) in [5.41, 5.74) is -0.217. The van der Waals surface area contributed by atoms with Crippen LogP contribution < -0.4 is 4.72 Å². The van der Waals surface area contributed by atoms with E-state index in [4.69, 9.17) is 23.2 Å². The average Bonchev–Trinajstić information content (AvgIpc) is 2.23. The number of rotatable bonds is 3. The van der Waals surface area contributed by atoms with Gasteiger partial charge in [0, 0.05) is 0 Å². The van der Waals surface area contributed by atoms with E-state index < -0.39 is 26.8 Å². The van der Waals surface area contributed by atoms with Gasteiger partial charge in [-0.15, -0.1) is 0 Å². The van der Waals surface area contributed by atoms with Crippen LogP contribution in [0.5, 0.6) is 0 Å². The van der Waals surface area contributed by atoms with Crippen molar-refractivity contribution in [1.29, 1.82) is 0 Å². The Morgan fingerprint density at radius 2 is 1.61 bits per heavy atom. The van der Waals surface area contributed by atoms with Crippen LogP contribution in [-0.2, 0) is 4.75 Å². The molecule has 8 heteroatoms. The Bertz CT molecular complexity index is 429. The number of hydrogen-bond donors (Lipinski definition) is 1. The van der Waals surface area contributed by atoms with Crippen LogP contribution in [0.3, 0.4) is 0 Å². The number of nitrogens with one attached hydrogen (secondary N) is 1. The second-order valence-electron chi connectivity index (χ2n) is 3.59. The Morgan fingerprint density at radius 3 is 1.94 bits per heavy atom. The molecular weight excluding hydrogens is 313 g/mol. The highest BCUT2D eigenvalue weighted by atomic mass is 35.5. The molecule has 1 atom stereocenters. The van der Waals surface area contributed by atoms with E-state index in [1.54, 1.807) is 0 Å². The van der Waals surface area contributed by atoms with E-state index in [9.17, 15) is 17.6 Å². The highest BCUT2D eigenvalue weighted by Crippen LogP contribution is 2.49. The zero-order valence-corrected chi connectivity index (χ0v) is 11.7. The summed E-state index contributed by atoms with van der Waals surface area (Å²) in [6, 6.07) is 1.86. The molecule has 0 aliphatic carbocycles. The molecule has 0 saturated carbocycles. The molecule has 0 bridgehead atoms. The van der Waals surface area contributed by atoms with Gasteiger partial charge in [0.25, 0.3) is 0 Å². The SMILES string of the molecule is CNSC(C)(c1cc(Cl)c(F)c(Cl)c1)C(F)(F)F. The van der Waals surface area contributed by atoms with Gasteiger partial charge in [-0.1, -0.05) is 35.1 Å². The third kappa shape index (κ3) is 2.87. The van der Waals surface area contributed by atoms with Crippen LogP contribution >= 0.6 is 35.1 Å². The van der Waals surface area contributed by atoms with Crippen molar-refractivity contribution >= 4 is 35.1 Å². The molecule has 1 aromatic rings. The lowest BCUT2D eigenvalue weighted by molar-refractivity contribution is -0.157. The molecule has 0 radical (unpaired) electrons. The van der Waals surface area contributed by atoms with E-state index >= 15 is 0 Å². The summed E-state index contributed by atoms with van der Waals surface area (Å²) in [6.45, 7) is 0.966. The molecule has 1 nitrogen and oxygen atoms in total. The molecular formula is C10H9Cl2F4NS. The number of alkyl halides is 3. The van der Waals surface area contributed by atoms with Crippen molar-refractivity contribution in [2.75, 3.05) is 7.05 Å². The average molecular weight is 322 g/mol. The van der Waals surface area contributed by atoms with Gasteiger partial charge in [0.05, 0.1) is 10.0 Å². The summed E-state index contributed by atoms with van der Waals surface area (Å²) in [4.78, 5) is 0. The summed E-state index contributed by atoms with van der Waals surface area (Å²) in [6.07, 6.45) is -4.55. The molecule has 18 heavy (non-hydrogen) atoms. The number of hydrogen-bond acceptors (Lipinski definition) is 2. The number of halogens is 6. The van der Waals surface area contributed by atoms with Gasteiger partial charge in [0.1, 0.15) is 4.75 Å². The third-order valence-corrected chi connectivity index (χ3v) is 4.01. The van der Waals surface area contributed by atoms with Crippen molar-refractivity contribution in [3.05, 3.63) is 33.6 Å². The highest BCUT2D eigenvalue weighted by Gasteiger charge is 2.53. The van der Waals surface area contributed by atoms with E-state index in [0.29, 0.717) is 11.9 Å². The molecule has 1 unspecified atom stereocenters. The van der Waals surface area contributed by atoms with Crippen LogP contribution in [0.15, 0.2) is 12.1 Å². The van der Waals surface area contributed by atoms with Gasteiger partial charge in [0.2, 0.25) is 0 Å². The minimum absolute atomic E-state index is 0.217. The topological polar surface area (TPSA) is 12.0 Å². The van der Waals surface area contributed by atoms with E-state index in [-0.39, 0.29) is 5.56 Å². The van der Waals surface area contributed by atoms with Gasteiger partial charge in [-0.25, -0.2) is 4.39 Å². The zero-order valence-electron chi connectivity index (χ0n) is 9.33. The molecule has 1 aromatic carbocycles. The molecule has 0 heterocycles. The maximum atomic E-state index is 13.2. The minimum Gasteiger partial charge on any atom is -0.266 e. The maximum absolute atomic E-state index is 13.2. The maximum Gasteiger partial charge on any atom is 0.408 e. The molecule has 0 fully saturated rings. The molecule has 0 aromatic heterocycles. The summed E-state index contributed by atoms with van der Waals surface area (Å²) < 4.78 is 52.6. The summed E-state index contributed by atoms with van der Waals surface area (Å²) >= 11 is 11.5. The Hall–Kier alpha value is -0.170. The Kier molecular flexibility index (Phi) is 4.81. The fourth-order valence-electron chi connectivity index (χ4n) is 1.32. The molecule has 0 saturated heterocycles. The second kappa shape index (κ2) is 5.45. The lowest BCUT2D eigenvalue weighted by atomic mass is 9.99. The van der Waals surface area contributed by atoms with Gasteiger partial charge >= 0.3 is 6.18 Å². The summed E-state index contributed by atoms with van der Waals surface area (Å²) in [5.74, 6) is -0.930. The largest absolute Gasteiger partial charge is 0.408 e. The third-order valence-electron chi connectivity index (χ3n) is 2.38.